The molecule has 0 bridgehead atoms. The molecule has 2 aliphatic rings. The lowest BCUT2D eigenvalue weighted by molar-refractivity contribution is -0.132. The molecule has 3 aromatic rings. The zero-order valence-corrected chi connectivity index (χ0v) is 17.9. The van der Waals surface area contributed by atoms with Gasteiger partial charge in [0.2, 0.25) is 5.91 Å². The molecule has 0 aliphatic carbocycles. The van der Waals surface area contributed by atoms with Crippen molar-refractivity contribution in [3.63, 3.8) is 0 Å². The van der Waals surface area contributed by atoms with Crippen molar-refractivity contribution >= 4 is 38.4 Å². The molecule has 5 rings (SSSR count). The molecule has 162 valence electrons. The number of rotatable bonds is 4. The average Bonchev–Trinajstić information content (AvgIpc) is 3.46. The summed E-state index contributed by atoms with van der Waals surface area (Å²) in [7, 11) is 0. The summed E-state index contributed by atoms with van der Waals surface area (Å²) in [5.74, 6) is -0.367. The molecule has 31 heavy (non-hydrogen) atoms. The lowest BCUT2D eigenvalue weighted by Crippen LogP contribution is -2.50. The molecule has 2 saturated heterocycles. The minimum atomic E-state index is -0.262. The first-order valence-electron chi connectivity index (χ1n) is 10.5. The second kappa shape index (κ2) is 8.26. The summed E-state index contributed by atoms with van der Waals surface area (Å²) < 4.78 is 15.0. The van der Waals surface area contributed by atoms with Gasteiger partial charge in [0, 0.05) is 45.0 Å². The standard InChI is InChI=1S/C21H23FN6O2S/c22-15-3-5-16(6-4-15)25-9-11-26(12-10-25)17(29)13-28-14-23-19-18(20(28)30)31-21(24-19)27-7-1-2-8-27/h3-6,14H,1-2,7-13H2. The lowest BCUT2D eigenvalue weighted by atomic mass is 10.2. The lowest BCUT2D eigenvalue weighted by Gasteiger charge is -2.36. The summed E-state index contributed by atoms with van der Waals surface area (Å²) in [6, 6.07) is 6.38. The van der Waals surface area contributed by atoms with E-state index in [1.54, 1.807) is 17.0 Å². The van der Waals surface area contributed by atoms with E-state index in [4.69, 9.17) is 0 Å². The Balaban J connectivity index is 1.25. The number of nitrogens with zero attached hydrogens (tertiary/aromatic N) is 6. The van der Waals surface area contributed by atoms with Gasteiger partial charge < -0.3 is 14.7 Å². The maximum Gasteiger partial charge on any atom is 0.273 e. The molecular formula is C21H23FN6O2S. The van der Waals surface area contributed by atoms with Crippen molar-refractivity contribution in [3.05, 3.63) is 46.8 Å². The van der Waals surface area contributed by atoms with Crippen LogP contribution in [0.25, 0.3) is 10.3 Å². The van der Waals surface area contributed by atoms with Crippen molar-refractivity contribution in [2.24, 2.45) is 0 Å². The number of halogens is 1. The van der Waals surface area contributed by atoms with Crippen LogP contribution in [0.5, 0.6) is 0 Å². The van der Waals surface area contributed by atoms with E-state index in [9.17, 15) is 14.0 Å². The van der Waals surface area contributed by atoms with Crippen LogP contribution in [-0.2, 0) is 11.3 Å². The number of piperazine rings is 1. The molecule has 4 heterocycles. The van der Waals surface area contributed by atoms with Gasteiger partial charge in [-0.1, -0.05) is 11.3 Å². The number of fused-ring (bicyclic) bond motifs is 1. The molecule has 1 amide bonds. The van der Waals surface area contributed by atoms with Crippen LogP contribution in [0.15, 0.2) is 35.4 Å². The topological polar surface area (TPSA) is 74.6 Å². The largest absolute Gasteiger partial charge is 0.368 e. The van der Waals surface area contributed by atoms with Crippen molar-refractivity contribution in [2.75, 3.05) is 49.1 Å². The summed E-state index contributed by atoms with van der Waals surface area (Å²) >= 11 is 1.36. The van der Waals surface area contributed by atoms with E-state index in [1.807, 2.05) is 0 Å². The van der Waals surface area contributed by atoms with E-state index in [1.165, 1.54) is 34.4 Å². The Morgan fingerprint density at radius 2 is 1.71 bits per heavy atom. The summed E-state index contributed by atoms with van der Waals surface area (Å²) in [6.45, 7) is 4.32. The molecule has 0 N–H and O–H groups in total. The van der Waals surface area contributed by atoms with Crippen molar-refractivity contribution in [3.8, 4) is 0 Å². The molecule has 1 aromatic carbocycles. The summed E-state index contributed by atoms with van der Waals surface area (Å²) in [6.07, 6.45) is 3.69. The third kappa shape index (κ3) is 3.99. The zero-order valence-electron chi connectivity index (χ0n) is 17.0. The first-order valence-corrected chi connectivity index (χ1v) is 11.3. The highest BCUT2D eigenvalue weighted by molar-refractivity contribution is 7.22. The fraction of sp³-hybridized carbons (Fsp3) is 0.429. The van der Waals surface area contributed by atoms with Gasteiger partial charge in [0.05, 0.1) is 0 Å². The third-order valence-electron chi connectivity index (χ3n) is 5.88. The minimum Gasteiger partial charge on any atom is -0.368 e. The molecule has 0 atom stereocenters. The number of anilines is 2. The van der Waals surface area contributed by atoms with Gasteiger partial charge in [-0.2, -0.15) is 4.98 Å². The molecule has 0 unspecified atom stereocenters. The number of benzene rings is 1. The SMILES string of the molecule is O=C(Cn1cnc2nc(N3CCCC3)sc2c1=O)N1CCN(c2ccc(F)cc2)CC1. The quantitative estimate of drug-likeness (QED) is 0.615. The van der Waals surface area contributed by atoms with E-state index in [0.717, 1.165) is 36.8 Å². The fourth-order valence-corrected chi connectivity index (χ4v) is 5.12. The monoisotopic (exact) mass is 442 g/mol. The fourth-order valence-electron chi connectivity index (χ4n) is 4.10. The number of hydrogen-bond acceptors (Lipinski definition) is 7. The zero-order chi connectivity index (χ0) is 21.4. The van der Waals surface area contributed by atoms with Crippen molar-refractivity contribution in [1.29, 1.82) is 0 Å². The van der Waals surface area contributed by atoms with E-state index in [0.29, 0.717) is 36.5 Å². The predicted molar refractivity (Wildman–Crippen MR) is 118 cm³/mol. The Morgan fingerprint density at radius 1 is 1.00 bits per heavy atom. The molecule has 2 fully saturated rings. The first-order chi connectivity index (χ1) is 15.1. The van der Waals surface area contributed by atoms with Crippen LogP contribution in [0, 0.1) is 5.82 Å². The van der Waals surface area contributed by atoms with Crippen LogP contribution in [0.3, 0.4) is 0 Å². The van der Waals surface area contributed by atoms with Gasteiger partial charge in [0.15, 0.2) is 10.8 Å². The highest BCUT2D eigenvalue weighted by atomic mass is 32.1. The normalized spacial score (nSPS) is 17.0. The van der Waals surface area contributed by atoms with Crippen LogP contribution in [0.4, 0.5) is 15.2 Å². The number of thiazole rings is 1. The van der Waals surface area contributed by atoms with Gasteiger partial charge in [-0.15, -0.1) is 0 Å². The first kappa shape index (κ1) is 19.9. The predicted octanol–water partition coefficient (Wildman–Crippen LogP) is 1.94. The number of carbonyl (C=O) groups excluding carboxylic acids is 1. The van der Waals surface area contributed by atoms with Crippen LogP contribution < -0.4 is 15.4 Å². The maximum absolute atomic E-state index is 13.1. The molecular weight excluding hydrogens is 419 g/mol. The number of carbonyl (C=O) groups is 1. The van der Waals surface area contributed by atoms with Crippen LogP contribution in [0.1, 0.15) is 12.8 Å². The maximum atomic E-state index is 13.1. The Hall–Kier alpha value is -3.01. The Morgan fingerprint density at radius 3 is 2.42 bits per heavy atom. The minimum absolute atomic E-state index is 0.0325. The highest BCUT2D eigenvalue weighted by Gasteiger charge is 2.23. The van der Waals surface area contributed by atoms with Gasteiger partial charge in [-0.3, -0.25) is 14.2 Å². The van der Waals surface area contributed by atoms with E-state index < -0.39 is 0 Å². The molecule has 8 nitrogen and oxygen atoms in total. The van der Waals surface area contributed by atoms with Crippen LogP contribution in [0.2, 0.25) is 0 Å². The Kier molecular flexibility index (Phi) is 5.31. The molecule has 0 spiro atoms. The summed E-state index contributed by atoms with van der Waals surface area (Å²) in [5, 5.41) is 0.832. The molecule has 2 aromatic heterocycles. The molecule has 10 heteroatoms. The number of amides is 1. The van der Waals surface area contributed by atoms with Gasteiger partial charge >= 0.3 is 0 Å². The second-order valence-electron chi connectivity index (χ2n) is 7.87. The molecule has 0 saturated carbocycles. The van der Waals surface area contributed by atoms with E-state index in [2.05, 4.69) is 19.8 Å². The van der Waals surface area contributed by atoms with Crippen LogP contribution >= 0.6 is 11.3 Å². The van der Waals surface area contributed by atoms with Crippen molar-refractivity contribution in [2.45, 2.75) is 19.4 Å². The average molecular weight is 443 g/mol. The smallest absolute Gasteiger partial charge is 0.273 e. The van der Waals surface area contributed by atoms with Crippen molar-refractivity contribution < 1.29 is 9.18 Å². The third-order valence-corrected chi connectivity index (χ3v) is 6.97. The highest BCUT2D eigenvalue weighted by Crippen LogP contribution is 2.27. The Labute approximate surface area is 182 Å². The number of hydrogen-bond donors (Lipinski definition) is 0. The van der Waals surface area contributed by atoms with Gasteiger partial charge in [-0.05, 0) is 37.1 Å². The van der Waals surface area contributed by atoms with Crippen LogP contribution in [-0.4, -0.2) is 64.6 Å². The van der Waals surface area contributed by atoms with Gasteiger partial charge in [-0.25, -0.2) is 9.37 Å². The Bertz CT molecular complexity index is 1150. The van der Waals surface area contributed by atoms with Crippen molar-refractivity contribution in [1.82, 2.24) is 19.4 Å². The summed E-state index contributed by atoms with van der Waals surface area (Å²) in [5.41, 5.74) is 1.18. The van der Waals surface area contributed by atoms with Gasteiger partial charge in [0.25, 0.3) is 5.56 Å². The van der Waals surface area contributed by atoms with Gasteiger partial charge in [0.1, 0.15) is 23.4 Å². The summed E-state index contributed by atoms with van der Waals surface area (Å²) in [4.78, 5) is 40.6. The van der Waals surface area contributed by atoms with E-state index in [-0.39, 0.29) is 23.8 Å². The second-order valence-corrected chi connectivity index (χ2v) is 8.84. The molecule has 2 aliphatic heterocycles. The number of aromatic nitrogens is 3. The van der Waals surface area contributed by atoms with E-state index >= 15 is 0 Å². The molecule has 0 radical (unpaired) electrons.